The van der Waals surface area contributed by atoms with Gasteiger partial charge in [0.25, 0.3) is 0 Å². The number of carboxylic acid groups (broad SMARTS) is 1. The zero-order valence-corrected chi connectivity index (χ0v) is 11.1. The molecule has 0 rings (SSSR count). The summed E-state index contributed by atoms with van der Waals surface area (Å²) in [7, 11) is 0. The predicted octanol–water partition coefficient (Wildman–Crippen LogP) is -2.06. The van der Waals surface area contributed by atoms with Gasteiger partial charge >= 0.3 is 5.97 Å². The molecule has 0 bridgehead atoms. The van der Waals surface area contributed by atoms with E-state index in [9.17, 15) is 20.1 Å². The number of carbonyl (C=O) groups is 1. The normalized spacial score (nSPS) is 16.8. The highest BCUT2D eigenvalue weighted by molar-refractivity contribution is 5.66. The third-order valence-corrected chi connectivity index (χ3v) is 2.12. The van der Waals surface area contributed by atoms with Crippen molar-refractivity contribution in [2.24, 2.45) is 0 Å². The Kier molecular flexibility index (Phi) is 13.3. The van der Waals surface area contributed by atoms with E-state index in [0.29, 0.717) is 6.61 Å². The van der Waals surface area contributed by atoms with Gasteiger partial charge in [-0.2, -0.15) is 0 Å². The Hall–Kier alpha value is -0.770. The minimum atomic E-state index is -1.59. The van der Waals surface area contributed by atoms with Crippen LogP contribution in [0, 0.1) is 0 Å². The summed E-state index contributed by atoms with van der Waals surface area (Å²) >= 11 is 0. The Morgan fingerprint density at radius 2 is 1.47 bits per heavy atom. The first-order chi connectivity index (χ1) is 8.81. The standard InChI is InChI=1S/C8H18O6.C3H6O2/c1-2-14-4-6(11)8(13)7(12)5(10)3-9;1-2-3(4)5/h5-13H,2-4H2,1H3;2H2,1H3,(H,4,5). The van der Waals surface area contributed by atoms with E-state index in [0.717, 1.165) is 0 Å². The van der Waals surface area contributed by atoms with Crippen LogP contribution in [-0.2, 0) is 9.53 Å². The summed E-state index contributed by atoms with van der Waals surface area (Å²) in [5.41, 5.74) is 0. The highest BCUT2D eigenvalue weighted by atomic mass is 16.5. The summed E-state index contributed by atoms with van der Waals surface area (Å²) in [4.78, 5) is 9.37. The number of aliphatic hydroxyl groups excluding tert-OH is 5. The molecule has 0 radical (unpaired) electrons. The molecule has 0 aromatic rings. The molecule has 0 spiro atoms. The maximum absolute atomic E-state index is 9.37. The average molecular weight is 284 g/mol. The third-order valence-electron chi connectivity index (χ3n) is 2.12. The molecule has 8 heteroatoms. The quantitative estimate of drug-likeness (QED) is 0.298. The minimum Gasteiger partial charge on any atom is -0.481 e. The Balaban J connectivity index is 0. The van der Waals surface area contributed by atoms with Gasteiger partial charge in [-0.1, -0.05) is 6.92 Å². The molecule has 19 heavy (non-hydrogen) atoms. The number of hydrogen-bond donors (Lipinski definition) is 6. The molecule has 0 aromatic carbocycles. The second-order valence-corrected chi connectivity index (χ2v) is 3.71. The molecule has 4 unspecified atom stereocenters. The summed E-state index contributed by atoms with van der Waals surface area (Å²) in [6.07, 6.45) is -5.66. The van der Waals surface area contributed by atoms with E-state index in [1.165, 1.54) is 0 Å². The fraction of sp³-hybridized carbons (Fsp3) is 0.909. The maximum atomic E-state index is 9.37. The lowest BCUT2D eigenvalue weighted by atomic mass is 10.0. The van der Waals surface area contributed by atoms with Gasteiger partial charge in [0.2, 0.25) is 0 Å². The van der Waals surface area contributed by atoms with Crippen molar-refractivity contribution in [3.63, 3.8) is 0 Å². The zero-order chi connectivity index (χ0) is 15.4. The lowest BCUT2D eigenvalue weighted by Gasteiger charge is -2.25. The highest BCUT2D eigenvalue weighted by Gasteiger charge is 2.29. The van der Waals surface area contributed by atoms with Crippen LogP contribution in [0.2, 0.25) is 0 Å². The summed E-state index contributed by atoms with van der Waals surface area (Å²) in [6, 6.07) is 0. The monoisotopic (exact) mass is 284 g/mol. The van der Waals surface area contributed by atoms with Crippen LogP contribution in [0.4, 0.5) is 0 Å². The van der Waals surface area contributed by atoms with Gasteiger partial charge in [-0.3, -0.25) is 4.79 Å². The second kappa shape index (κ2) is 12.3. The molecule has 0 fully saturated rings. The molecule has 8 nitrogen and oxygen atoms in total. The van der Waals surface area contributed by atoms with E-state index in [-0.39, 0.29) is 13.0 Å². The van der Waals surface area contributed by atoms with Crippen molar-refractivity contribution >= 4 is 5.97 Å². The van der Waals surface area contributed by atoms with Crippen LogP contribution >= 0.6 is 0 Å². The van der Waals surface area contributed by atoms with Gasteiger partial charge in [0.1, 0.15) is 24.4 Å². The summed E-state index contributed by atoms with van der Waals surface area (Å²) in [6.45, 7) is 2.88. The molecule has 0 saturated heterocycles. The van der Waals surface area contributed by atoms with Gasteiger partial charge in [-0.25, -0.2) is 0 Å². The first-order valence-corrected chi connectivity index (χ1v) is 5.94. The Labute approximate surface area is 111 Å². The van der Waals surface area contributed by atoms with E-state index in [1.807, 2.05) is 0 Å². The largest absolute Gasteiger partial charge is 0.481 e. The van der Waals surface area contributed by atoms with Crippen molar-refractivity contribution in [2.45, 2.75) is 44.7 Å². The predicted molar refractivity (Wildman–Crippen MR) is 65.5 cm³/mol. The van der Waals surface area contributed by atoms with Crippen LogP contribution in [0.3, 0.4) is 0 Å². The van der Waals surface area contributed by atoms with Gasteiger partial charge in [0.15, 0.2) is 0 Å². The first kappa shape index (κ1) is 20.5. The first-order valence-electron chi connectivity index (χ1n) is 5.94. The number of ether oxygens (including phenoxy) is 1. The summed E-state index contributed by atoms with van der Waals surface area (Å²) in [5.74, 6) is -0.745. The van der Waals surface area contributed by atoms with Crippen LogP contribution in [-0.4, -0.2) is 80.8 Å². The van der Waals surface area contributed by atoms with Crippen molar-refractivity contribution in [1.82, 2.24) is 0 Å². The van der Waals surface area contributed by atoms with Gasteiger partial charge in [-0.05, 0) is 6.92 Å². The Morgan fingerprint density at radius 1 is 1.05 bits per heavy atom. The number of aliphatic hydroxyl groups is 5. The van der Waals surface area contributed by atoms with Crippen LogP contribution in [0.1, 0.15) is 20.3 Å². The van der Waals surface area contributed by atoms with Crippen LogP contribution in [0.25, 0.3) is 0 Å². The van der Waals surface area contributed by atoms with Crippen LogP contribution in [0.15, 0.2) is 0 Å². The lowest BCUT2D eigenvalue weighted by molar-refractivity contribution is -0.136. The van der Waals surface area contributed by atoms with Gasteiger partial charge in [-0.15, -0.1) is 0 Å². The summed E-state index contributed by atoms with van der Waals surface area (Å²) < 4.78 is 4.81. The molecular weight excluding hydrogens is 260 g/mol. The third kappa shape index (κ3) is 10.8. The maximum Gasteiger partial charge on any atom is 0.303 e. The number of hydrogen-bond acceptors (Lipinski definition) is 7. The molecular formula is C11H24O8. The smallest absolute Gasteiger partial charge is 0.303 e. The van der Waals surface area contributed by atoms with E-state index < -0.39 is 37.0 Å². The summed E-state index contributed by atoms with van der Waals surface area (Å²) in [5, 5.41) is 52.8. The number of rotatable bonds is 8. The molecule has 0 heterocycles. The fourth-order valence-electron chi connectivity index (χ4n) is 0.900. The minimum absolute atomic E-state index is 0.132. The van der Waals surface area contributed by atoms with E-state index in [4.69, 9.17) is 20.1 Å². The molecule has 0 amide bonds. The molecule has 0 saturated carbocycles. The fourth-order valence-corrected chi connectivity index (χ4v) is 0.900. The van der Waals surface area contributed by atoms with E-state index >= 15 is 0 Å². The molecule has 0 aliphatic carbocycles. The van der Waals surface area contributed by atoms with Crippen LogP contribution < -0.4 is 0 Å². The molecule has 4 atom stereocenters. The lowest BCUT2D eigenvalue weighted by Crippen LogP contribution is -2.47. The average Bonchev–Trinajstić information content (AvgIpc) is 2.42. The van der Waals surface area contributed by atoms with Gasteiger partial charge in [0.05, 0.1) is 13.2 Å². The number of carboxylic acids is 1. The van der Waals surface area contributed by atoms with Crippen molar-refractivity contribution in [2.75, 3.05) is 19.8 Å². The molecule has 0 aliphatic rings. The molecule has 0 aliphatic heterocycles. The topological polar surface area (TPSA) is 148 Å². The van der Waals surface area contributed by atoms with Crippen molar-refractivity contribution in [3.8, 4) is 0 Å². The molecule has 6 N–H and O–H groups in total. The second-order valence-electron chi connectivity index (χ2n) is 3.71. The molecule has 116 valence electrons. The Bertz CT molecular complexity index is 223. The number of aliphatic carboxylic acids is 1. The SMILES string of the molecule is CCC(=O)O.CCOCC(O)C(O)C(O)C(O)CO. The highest BCUT2D eigenvalue weighted by Crippen LogP contribution is 2.05. The van der Waals surface area contributed by atoms with Crippen molar-refractivity contribution in [1.29, 1.82) is 0 Å². The van der Waals surface area contributed by atoms with Gasteiger partial charge in [0, 0.05) is 13.0 Å². The van der Waals surface area contributed by atoms with Crippen molar-refractivity contribution in [3.05, 3.63) is 0 Å². The van der Waals surface area contributed by atoms with Gasteiger partial charge < -0.3 is 35.4 Å². The van der Waals surface area contributed by atoms with Crippen LogP contribution in [0.5, 0.6) is 0 Å². The Morgan fingerprint density at radius 3 is 1.79 bits per heavy atom. The van der Waals surface area contributed by atoms with Crippen molar-refractivity contribution < 1.29 is 40.2 Å². The zero-order valence-electron chi connectivity index (χ0n) is 11.1. The van der Waals surface area contributed by atoms with E-state index in [2.05, 4.69) is 0 Å². The molecule has 0 aromatic heterocycles. The van der Waals surface area contributed by atoms with E-state index in [1.54, 1.807) is 13.8 Å².